The molecule has 0 spiro atoms. The summed E-state index contributed by atoms with van der Waals surface area (Å²) in [6.07, 6.45) is 0.560. The number of anilines is 1. The van der Waals surface area contributed by atoms with Gasteiger partial charge in [0.25, 0.3) is 5.91 Å². The van der Waals surface area contributed by atoms with Gasteiger partial charge in [-0.2, -0.15) is 0 Å². The summed E-state index contributed by atoms with van der Waals surface area (Å²) in [6.45, 7) is 1.30. The predicted octanol–water partition coefficient (Wildman–Crippen LogP) is 4.01. The summed E-state index contributed by atoms with van der Waals surface area (Å²) in [4.78, 5) is 25.7. The number of benzene rings is 2. The summed E-state index contributed by atoms with van der Waals surface area (Å²) >= 11 is 5.95. The molecule has 0 aromatic heterocycles. The lowest BCUT2D eigenvalue weighted by Crippen LogP contribution is -2.41. The van der Waals surface area contributed by atoms with Crippen LogP contribution in [0, 0.1) is 17.5 Å². The summed E-state index contributed by atoms with van der Waals surface area (Å²) in [5.74, 6) is -5.49. The number of hydrogen-bond donors (Lipinski definition) is 1. The van der Waals surface area contributed by atoms with Crippen LogP contribution in [0.3, 0.4) is 0 Å². The van der Waals surface area contributed by atoms with Crippen LogP contribution in [0.15, 0.2) is 36.4 Å². The Balaban J connectivity index is 1.99. The van der Waals surface area contributed by atoms with Gasteiger partial charge in [0, 0.05) is 6.54 Å². The topological polar surface area (TPSA) is 58.6 Å². The summed E-state index contributed by atoms with van der Waals surface area (Å²) in [7, 11) is 0. The van der Waals surface area contributed by atoms with Crippen LogP contribution in [0.1, 0.15) is 13.3 Å². The van der Waals surface area contributed by atoms with Gasteiger partial charge in [-0.05, 0) is 30.7 Å². The molecular formula is C19H18ClF3N2O3. The standard InChI is InChI=1S/C19H18ClF3N2O3/c1-2-9-25(17(27)11-28-15-6-4-3-5-12(15)20)10-16(26)24-14-8-7-13(21)18(22)19(14)23/h3-8H,2,9-11H2,1H3,(H,24,26). The third kappa shape index (κ3) is 5.63. The molecule has 2 rings (SSSR count). The number of carbonyl (C=O) groups excluding carboxylic acids is 2. The van der Waals surface area contributed by atoms with E-state index in [9.17, 15) is 22.8 Å². The van der Waals surface area contributed by atoms with Gasteiger partial charge in [0.1, 0.15) is 5.75 Å². The van der Waals surface area contributed by atoms with Crippen LogP contribution >= 0.6 is 11.6 Å². The molecule has 0 saturated carbocycles. The first kappa shape index (κ1) is 21.6. The van der Waals surface area contributed by atoms with E-state index in [1.165, 1.54) is 4.90 Å². The number of hydrogen-bond acceptors (Lipinski definition) is 3. The molecule has 2 amide bonds. The highest BCUT2D eigenvalue weighted by Crippen LogP contribution is 2.23. The van der Waals surface area contributed by atoms with E-state index in [2.05, 4.69) is 5.32 Å². The first-order chi connectivity index (χ1) is 13.3. The van der Waals surface area contributed by atoms with Gasteiger partial charge < -0.3 is 15.0 Å². The number of ether oxygens (including phenoxy) is 1. The Kier molecular flexibility index (Phi) is 7.69. The molecule has 2 aromatic rings. The van der Waals surface area contributed by atoms with Gasteiger partial charge in [-0.25, -0.2) is 13.2 Å². The van der Waals surface area contributed by atoms with Crippen molar-refractivity contribution >= 4 is 29.1 Å². The van der Waals surface area contributed by atoms with Gasteiger partial charge in [0.15, 0.2) is 24.1 Å². The van der Waals surface area contributed by atoms with Crippen molar-refractivity contribution in [3.05, 3.63) is 58.9 Å². The Morgan fingerprint density at radius 3 is 2.50 bits per heavy atom. The number of carbonyl (C=O) groups is 2. The van der Waals surface area contributed by atoms with Gasteiger partial charge in [-0.15, -0.1) is 0 Å². The molecule has 2 aromatic carbocycles. The van der Waals surface area contributed by atoms with E-state index >= 15 is 0 Å². The quantitative estimate of drug-likeness (QED) is 0.664. The van der Waals surface area contributed by atoms with Gasteiger partial charge in [-0.1, -0.05) is 30.7 Å². The third-order valence-electron chi connectivity index (χ3n) is 3.68. The molecule has 0 saturated heterocycles. The van der Waals surface area contributed by atoms with Gasteiger partial charge in [-0.3, -0.25) is 9.59 Å². The van der Waals surface area contributed by atoms with E-state index in [0.717, 1.165) is 6.07 Å². The van der Waals surface area contributed by atoms with E-state index in [1.54, 1.807) is 24.3 Å². The van der Waals surface area contributed by atoms with Crippen LogP contribution in [0.2, 0.25) is 5.02 Å². The molecule has 0 fully saturated rings. The van der Waals surface area contributed by atoms with Crippen LogP contribution in [0.4, 0.5) is 18.9 Å². The molecule has 0 atom stereocenters. The maximum atomic E-state index is 13.7. The number of para-hydroxylation sites is 1. The molecule has 0 radical (unpaired) electrons. The maximum absolute atomic E-state index is 13.7. The zero-order chi connectivity index (χ0) is 20.7. The van der Waals surface area contributed by atoms with Crippen LogP contribution in [0.25, 0.3) is 0 Å². The second-order valence-corrected chi connectivity index (χ2v) is 6.21. The van der Waals surface area contributed by atoms with Gasteiger partial charge >= 0.3 is 0 Å². The molecule has 0 bridgehead atoms. The Hall–Kier alpha value is -2.74. The third-order valence-corrected chi connectivity index (χ3v) is 3.99. The lowest BCUT2D eigenvalue weighted by Gasteiger charge is -2.22. The number of nitrogens with zero attached hydrogens (tertiary/aromatic N) is 1. The van der Waals surface area contributed by atoms with E-state index in [-0.39, 0.29) is 13.2 Å². The number of rotatable bonds is 8. The van der Waals surface area contributed by atoms with Crippen LogP contribution < -0.4 is 10.1 Å². The van der Waals surface area contributed by atoms with Crippen molar-refractivity contribution in [3.8, 4) is 5.75 Å². The Bertz CT molecular complexity index is 864. The lowest BCUT2D eigenvalue weighted by molar-refractivity contribution is -0.136. The van der Waals surface area contributed by atoms with Crippen LogP contribution in [-0.4, -0.2) is 36.4 Å². The molecular weight excluding hydrogens is 397 g/mol. The second-order valence-electron chi connectivity index (χ2n) is 5.81. The molecule has 150 valence electrons. The Morgan fingerprint density at radius 2 is 1.82 bits per heavy atom. The number of amides is 2. The van der Waals surface area contributed by atoms with Crippen LogP contribution in [0.5, 0.6) is 5.75 Å². The van der Waals surface area contributed by atoms with Crippen molar-refractivity contribution in [1.82, 2.24) is 4.90 Å². The molecule has 9 heteroatoms. The predicted molar refractivity (Wildman–Crippen MR) is 98.8 cm³/mol. The smallest absolute Gasteiger partial charge is 0.260 e. The minimum Gasteiger partial charge on any atom is -0.482 e. The first-order valence-corrected chi connectivity index (χ1v) is 8.79. The molecule has 0 aliphatic rings. The monoisotopic (exact) mass is 414 g/mol. The average molecular weight is 415 g/mol. The summed E-state index contributed by atoms with van der Waals surface area (Å²) in [5.41, 5.74) is -0.514. The zero-order valence-electron chi connectivity index (χ0n) is 15.0. The molecule has 0 heterocycles. The van der Waals surface area contributed by atoms with Crippen molar-refractivity contribution in [3.63, 3.8) is 0 Å². The summed E-state index contributed by atoms with van der Waals surface area (Å²) in [5, 5.41) is 2.47. The molecule has 1 N–H and O–H groups in total. The van der Waals surface area contributed by atoms with Crippen molar-refractivity contribution in [2.75, 3.05) is 25.0 Å². The molecule has 5 nitrogen and oxygen atoms in total. The summed E-state index contributed by atoms with van der Waals surface area (Å²) < 4.78 is 45.3. The van der Waals surface area contributed by atoms with Crippen molar-refractivity contribution in [1.29, 1.82) is 0 Å². The highest BCUT2D eigenvalue weighted by Gasteiger charge is 2.20. The first-order valence-electron chi connectivity index (χ1n) is 8.42. The average Bonchev–Trinajstić information content (AvgIpc) is 2.67. The lowest BCUT2D eigenvalue weighted by atomic mass is 10.2. The van der Waals surface area contributed by atoms with E-state index in [1.807, 2.05) is 6.92 Å². The van der Waals surface area contributed by atoms with Crippen molar-refractivity contribution in [2.45, 2.75) is 13.3 Å². The summed E-state index contributed by atoms with van der Waals surface area (Å²) in [6, 6.07) is 8.20. The highest BCUT2D eigenvalue weighted by molar-refractivity contribution is 6.32. The second kappa shape index (κ2) is 9.98. The highest BCUT2D eigenvalue weighted by atomic mass is 35.5. The fourth-order valence-corrected chi connectivity index (χ4v) is 2.53. The van der Waals surface area contributed by atoms with E-state index in [4.69, 9.17) is 16.3 Å². The molecule has 0 aliphatic heterocycles. The van der Waals surface area contributed by atoms with Crippen LogP contribution in [-0.2, 0) is 9.59 Å². The molecule has 28 heavy (non-hydrogen) atoms. The largest absolute Gasteiger partial charge is 0.482 e. The van der Waals surface area contributed by atoms with E-state index in [0.29, 0.717) is 23.3 Å². The minimum absolute atomic E-state index is 0.248. The Morgan fingerprint density at radius 1 is 1.11 bits per heavy atom. The Labute approximate surface area is 165 Å². The fourth-order valence-electron chi connectivity index (χ4n) is 2.34. The van der Waals surface area contributed by atoms with Crippen molar-refractivity contribution in [2.24, 2.45) is 0 Å². The van der Waals surface area contributed by atoms with Gasteiger partial charge in [0.05, 0.1) is 17.3 Å². The zero-order valence-corrected chi connectivity index (χ0v) is 15.7. The normalized spacial score (nSPS) is 10.5. The molecule has 0 unspecified atom stereocenters. The fraction of sp³-hybridized carbons (Fsp3) is 0.263. The van der Waals surface area contributed by atoms with Gasteiger partial charge in [0.2, 0.25) is 5.91 Å². The maximum Gasteiger partial charge on any atom is 0.260 e. The minimum atomic E-state index is -1.69. The number of nitrogens with one attached hydrogen (secondary N) is 1. The van der Waals surface area contributed by atoms with Crippen molar-refractivity contribution < 1.29 is 27.5 Å². The van der Waals surface area contributed by atoms with E-state index < -0.39 is 41.5 Å². The SMILES string of the molecule is CCCN(CC(=O)Nc1ccc(F)c(F)c1F)C(=O)COc1ccccc1Cl. The molecule has 0 aliphatic carbocycles. The number of halogens is 4.